The summed E-state index contributed by atoms with van der Waals surface area (Å²) < 4.78 is 11.9. The molecule has 0 saturated carbocycles. The van der Waals surface area contributed by atoms with Gasteiger partial charge in [0.2, 0.25) is 5.91 Å². The highest BCUT2D eigenvalue weighted by Gasteiger charge is 2.71. The fraction of sp³-hybridized carbons (Fsp3) is 0.519. The lowest BCUT2D eigenvalue weighted by Crippen LogP contribution is -2.55. The maximum Gasteiger partial charge on any atom is 0.313 e. The Kier molecular flexibility index (Phi) is 6.94. The van der Waals surface area contributed by atoms with E-state index < -0.39 is 35.6 Å². The maximum atomic E-state index is 14.3. The predicted octanol–water partition coefficient (Wildman–Crippen LogP) is 2.80. The number of aliphatic hydroxyl groups is 1. The molecule has 2 amide bonds. The molecular weight excluding hydrogens is 484 g/mol. The van der Waals surface area contributed by atoms with Crippen molar-refractivity contribution in [2.45, 2.75) is 50.4 Å². The second-order valence-electron chi connectivity index (χ2n) is 9.83. The van der Waals surface area contributed by atoms with Gasteiger partial charge in [-0.25, -0.2) is 0 Å². The van der Waals surface area contributed by atoms with Crippen molar-refractivity contribution in [1.82, 2.24) is 4.90 Å². The van der Waals surface area contributed by atoms with Crippen LogP contribution in [0, 0.1) is 18.8 Å². The van der Waals surface area contributed by atoms with Gasteiger partial charge in [0.05, 0.1) is 22.7 Å². The molecule has 1 aromatic carbocycles. The first-order valence-corrected chi connectivity index (χ1v) is 12.9. The SMILES string of the molecule is Cc1cccc(Cl)c1N1CC=C[C@]23O[C@H]4C=CCOC(=O)[C@H]4[C@H]2C(=O)N(CCCCCCO)C3C1=O. The van der Waals surface area contributed by atoms with E-state index in [1.54, 1.807) is 28.0 Å². The average molecular weight is 515 g/mol. The smallest absolute Gasteiger partial charge is 0.313 e. The quantitative estimate of drug-likeness (QED) is 0.341. The van der Waals surface area contributed by atoms with Crippen molar-refractivity contribution in [3.05, 3.63) is 53.1 Å². The number of benzene rings is 1. The Morgan fingerprint density at radius 1 is 1.11 bits per heavy atom. The van der Waals surface area contributed by atoms with Gasteiger partial charge >= 0.3 is 5.97 Å². The highest BCUT2D eigenvalue weighted by Crippen LogP contribution is 2.53. The van der Waals surface area contributed by atoms with E-state index in [9.17, 15) is 14.4 Å². The van der Waals surface area contributed by atoms with Gasteiger partial charge in [-0.2, -0.15) is 0 Å². The first-order valence-electron chi connectivity index (χ1n) is 12.6. The van der Waals surface area contributed by atoms with Crippen LogP contribution in [-0.2, 0) is 23.9 Å². The van der Waals surface area contributed by atoms with E-state index in [2.05, 4.69) is 0 Å². The van der Waals surface area contributed by atoms with Gasteiger partial charge in [0, 0.05) is 19.7 Å². The molecule has 1 spiro atoms. The topological polar surface area (TPSA) is 96.4 Å². The third-order valence-corrected chi connectivity index (χ3v) is 7.98. The molecule has 4 heterocycles. The molecule has 36 heavy (non-hydrogen) atoms. The van der Waals surface area contributed by atoms with Crippen LogP contribution in [0.2, 0.25) is 5.02 Å². The molecule has 5 atom stereocenters. The summed E-state index contributed by atoms with van der Waals surface area (Å²) in [6.07, 6.45) is 9.50. The van der Waals surface area contributed by atoms with Crippen molar-refractivity contribution in [3.8, 4) is 0 Å². The molecule has 0 bridgehead atoms. The van der Waals surface area contributed by atoms with Gasteiger partial charge < -0.3 is 24.4 Å². The first-order chi connectivity index (χ1) is 17.4. The Morgan fingerprint density at radius 3 is 2.69 bits per heavy atom. The number of aryl methyl sites for hydroxylation is 1. The largest absolute Gasteiger partial charge is 0.461 e. The number of para-hydroxylation sites is 1. The zero-order chi connectivity index (χ0) is 25.4. The van der Waals surface area contributed by atoms with E-state index in [1.165, 1.54) is 0 Å². The van der Waals surface area contributed by atoms with Gasteiger partial charge in [-0.1, -0.05) is 54.8 Å². The lowest BCUT2D eigenvalue weighted by atomic mass is 9.78. The van der Waals surface area contributed by atoms with Crippen LogP contribution >= 0.6 is 11.6 Å². The van der Waals surface area contributed by atoms with Crippen molar-refractivity contribution >= 4 is 35.1 Å². The van der Waals surface area contributed by atoms with Crippen molar-refractivity contribution in [1.29, 1.82) is 0 Å². The molecule has 2 fully saturated rings. The second kappa shape index (κ2) is 10.00. The van der Waals surface area contributed by atoms with Crippen molar-refractivity contribution in [3.63, 3.8) is 0 Å². The number of hydrogen-bond acceptors (Lipinski definition) is 6. The molecule has 8 nitrogen and oxygen atoms in total. The van der Waals surface area contributed by atoms with Crippen LogP contribution < -0.4 is 4.90 Å². The van der Waals surface area contributed by atoms with Crippen LogP contribution in [0.4, 0.5) is 5.69 Å². The molecule has 1 unspecified atom stereocenters. The van der Waals surface area contributed by atoms with E-state index in [1.807, 2.05) is 31.2 Å². The number of unbranched alkanes of at least 4 members (excludes halogenated alkanes) is 3. The first kappa shape index (κ1) is 25.0. The van der Waals surface area contributed by atoms with E-state index in [0.717, 1.165) is 18.4 Å². The third kappa shape index (κ3) is 3.96. The summed E-state index contributed by atoms with van der Waals surface area (Å²) in [6.45, 7) is 2.78. The molecular formula is C27H31ClN2O6. The normalized spacial score (nSPS) is 31.1. The third-order valence-electron chi connectivity index (χ3n) is 7.68. The van der Waals surface area contributed by atoms with Gasteiger partial charge in [-0.05, 0) is 37.5 Å². The zero-order valence-corrected chi connectivity index (χ0v) is 21.0. The van der Waals surface area contributed by atoms with Crippen molar-refractivity contribution in [2.75, 3.05) is 31.2 Å². The Balaban J connectivity index is 1.56. The number of rotatable bonds is 7. The number of carbonyl (C=O) groups is 3. The van der Waals surface area contributed by atoms with Gasteiger partial charge in [-0.3, -0.25) is 14.4 Å². The molecule has 4 aliphatic heterocycles. The van der Waals surface area contributed by atoms with Gasteiger partial charge in [0.1, 0.15) is 24.2 Å². The minimum atomic E-state index is -1.28. The molecule has 1 aromatic rings. The van der Waals surface area contributed by atoms with Crippen molar-refractivity contribution in [2.24, 2.45) is 11.8 Å². The summed E-state index contributed by atoms with van der Waals surface area (Å²) in [5.41, 5.74) is 0.177. The lowest BCUT2D eigenvalue weighted by molar-refractivity contribution is -0.152. The summed E-state index contributed by atoms with van der Waals surface area (Å²) in [4.78, 5) is 44.4. The van der Waals surface area contributed by atoms with Crippen LogP contribution in [0.5, 0.6) is 0 Å². The molecule has 0 aromatic heterocycles. The molecule has 5 rings (SSSR count). The molecule has 9 heteroatoms. The van der Waals surface area contributed by atoms with Crippen molar-refractivity contribution < 1.29 is 29.0 Å². The highest BCUT2D eigenvalue weighted by atomic mass is 35.5. The minimum Gasteiger partial charge on any atom is -0.461 e. The second-order valence-corrected chi connectivity index (χ2v) is 10.2. The summed E-state index contributed by atoms with van der Waals surface area (Å²) in [7, 11) is 0. The number of likely N-dealkylation sites (tertiary alicyclic amines) is 1. The fourth-order valence-corrected chi connectivity index (χ4v) is 6.45. The Bertz CT molecular complexity index is 1100. The number of halogens is 1. The molecule has 4 aliphatic rings. The number of fused-ring (bicyclic) bond motifs is 2. The van der Waals surface area contributed by atoms with Crippen LogP contribution in [0.25, 0.3) is 0 Å². The average Bonchev–Trinajstić information content (AvgIpc) is 3.14. The number of anilines is 1. The summed E-state index contributed by atoms with van der Waals surface area (Å²) in [5.74, 6) is -2.70. The predicted molar refractivity (Wildman–Crippen MR) is 133 cm³/mol. The molecule has 0 radical (unpaired) electrons. The zero-order valence-electron chi connectivity index (χ0n) is 20.3. The lowest BCUT2D eigenvalue weighted by Gasteiger charge is -2.36. The van der Waals surface area contributed by atoms with E-state index >= 15 is 0 Å². The van der Waals surface area contributed by atoms with Gasteiger partial charge in [0.25, 0.3) is 5.91 Å². The van der Waals surface area contributed by atoms with E-state index in [0.29, 0.717) is 30.1 Å². The molecule has 2 saturated heterocycles. The number of ether oxygens (including phenoxy) is 2. The van der Waals surface area contributed by atoms with Gasteiger partial charge in [0.15, 0.2) is 0 Å². The monoisotopic (exact) mass is 514 g/mol. The number of hydrogen-bond donors (Lipinski definition) is 1. The number of amides is 2. The molecule has 192 valence electrons. The summed E-state index contributed by atoms with van der Waals surface area (Å²) in [6, 6.07) is 4.54. The van der Waals surface area contributed by atoms with Crippen LogP contribution in [0.15, 0.2) is 42.5 Å². The van der Waals surface area contributed by atoms with Crippen LogP contribution in [0.3, 0.4) is 0 Å². The molecule has 1 N–H and O–H groups in total. The number of aliphatic hydroxyl groups excluding tert-OH is 1. The maximum absolute atomic E-state index is 14.3. The summed E-state index contributed by atoms with van der Waals surface area (Å²) in [5, 5.41) is 9.54. The standard InChI is InChI=1S/C27H31ClN2O6/c1-17-9-6-10-18(28)22(17)29-14-8-12-27-21(20-19(36-27)11-7-16-35-26(20)34)24(32)30(23(27)25(29)33)13-4-2-3-5-15-31/h6-12,19-21,23,31H,2-5,13-16H2,1H3/t19-,20+,21-,23?,27-/m0/s1. The Labute approximate surface area is 215 Å². The number of cyclic esters (lactones) is 1. The minimum absolute atomic E-state index is 0.123. The fourth-order valence-electron chi connectivity index (χ4n) is 6.12. The van der Waals surface area contributed by atoms with Crippen LogP contribution in [-0.4, -0.2) is 71.8 Å². The highest BCUT2D eigenvalue weighted by molar-refractivity contribution is 6.34. The number of esters is 1. The summed E-state index contributed by atoms with van der Waals surface area (Å²) >= 11 is 6.55. The molecule has 0 aliphatic carbocycles. The number of nitrogens with zero attached hydrogens (tertiary/aromatic N) is 2. The Morgan fingerprint density at radius 2 is 1.92 bits per heavy atom. The Hall–Kier alpha value is -2.68. The van der Waals surface area contributed by atoms with Crippen LogP contribution in [0.1, 0.15) is 31.2 Å². The van der Waals surface area contributed by atoms with E-state index in [4.69, 9.17) is 26.2 Å². The number of carbonyl (C=O) groups excluding carboxylic acids is 3. The van der Waals surface area contributed by atoms with Gasteiger partial charge in [-0.15, -0.1) is 0 Å². The van der Waals surface area contributed by atoms with E-state index in [-0.39, 0.29) is 31.6 Å².